The molecule has 0 unspecified atom stereocenters. The average molecular weight is 348 g/mol. The van der Waals surface area contributed by atoms with Gasteiger partial charge < -0.3 is 0 Å². The summed E-state index contributed by atoms with van der Waals surface area (Å²) in [6.07, 6.45) is 2.73. The van der Waals surface area contributed by atoms with Crippen LogP contribution in [-0.2, 0) is 16.7 Å². The summed E-state index contributed by atoms with van der Waals surface area (Å²) in [6, 6.07) is 33.2. The molecule has 0 aliphatic rings. The van der Waals surface area contributed by atoms with Gasteiger partial charge in [-0.15, -0.1) is 0 Å². The third kappa shape index (κ3) is 4.23. The maximum atomic E-state index is 7.94. The molecule has 0 saturated heterocycles. The molecule has 3 aromatic carbocycles. The number of thiol groups is 1. The Bertz CT molecular complexity index is 635. The largest absolute Gasteiger partial charge is 0.443 e. The molecule has 3 rings (SSSR count). The lowest BCUT2D eigenvalue weighted by Gasteiger charge is -2.43. The fourth-order valence-corrected chi connectivity index (χ4v) is 3.93. The SMILES string of the molecule is CCCC[B-](c1ccccc1)(c1ccccc1)c1ccccc1.O=[SH+]. The van der Waals surface area contributed by atoms with Crippen LogP contribution in [0.2, 0.25) is 6.32 Å². The van der Waals surface area contributed by atoms with Crippen LogP contribution in [0.15, 0.2) is 91.0 Å². The van der Waals surface area contributed by atoms with Crippen LogP contribution in [0, 0.1) is 0 Å². The predicted molar refractivity (Wildman–Crippen MR) is 113 cm³/mol. The molecule has 0 saturated carbocycles. The zero-order chi connectivity index (χ0) is 18.0. The maximum Gasteiger partial charge on any atom is 0.443 e. The molecule has 128 valence electrons. The Morgan fingerprint density at radius 2 is 0.960 bits per heavy atom. The summed E-state index contributed by atoms with van der Waals surface area (Å²) < 4.78 is 7.94. The first-order valence-corrected chi connectivity index (χ1v) is 9.26. The first-order valence-electron chi connectivity index (χ1n) is 8.90. The van der Waals surface area contributed by atoms with Crippen LogP contribution in [0.25, 0.3) is 0 Å². The third-order valence-corrected chi connectivity index (χ3v) is 5.10. The highest BCUT2D eigenvalue weighted by Crippen LogP contribution is 2.16. The van der Waals surface area contributed by atoms with Crippen LogP contribution in [-0.4, -0.2) is 6.15 Å². The van der Waals surface area contributed by atoms with Crippen LogP contribution < -0.4 is 16.4 Å². The molecule has 0 radical (unpaired) electrons. The first kappa shape index (κ1) is 19.1. The van der Waals surface area contributed by atoms with Crippen molar-refractivity contribution in [1.29, 1.82) is 0 Å². The van der Waals surface area contributed by atoms with Gasteiger partial charge in [0.25, 0.3) is 0 Å². The van der Waals surface area contributed by atoms with Gasteiger partial charge in [0.2, 0.25) is 0 Å². The molecule has 0 amide bonds. The normalized spacial score (nSPS) is 10.6. The highest BCUT2D eigenvalue weighted by Gasteiger charge is 2.28. The molecule has 25 heavy (non-hydrogen) atoms. The number of benzene rings is 3. The number of rotatable bonds is 6. The van der Waals surface area contributed by atoms with E-state index in [0.717, 1.165) is 0 Å². The summed E-state index contributed by atoms with van der Waals surface area (Å²) in [5.74, 6) is 0. The molecule has 0 heterocycles. The van der Waals surface area contributed by atoms with Crippen molar-refractivity contribution < 1.29 is 4.21 Å². The smallest absolute Gasteiger partial charge is 0.200 e. The topological polar surface area (TPSA) is 17.1 Å². The van der Waals surface area contributed by atoms with E-state index in [1.807, 2.05) is 0 Å². The summed E-state index contributed by atoms with van der Waals surface area (Å²) in [7, 11) is 0. The monoisotopic (exact) mass is 348 g/mol. The van der Waals surface area contributed by atoms with Crippen LogP contribution in [0.3, 0.4) is 0 Å². The van der Waals surface area contributed by atoms with Gasteiger partial charge in [-0.05, 0) is 0 Å². The zero-order valence-corrected chi connectivity index (χ0v) is 15.6. The van der Waals surface area contributed by atoms with E-state index in [-0.39, 0.29) is 0 Å². The lowest BCUT2D eigenvalue weighted by molar-refractivity contribution is 0.612. The summed E-state index contributed by atoms with van der Waals surface area (Å²) in [6.45, 7) is 2.28. The molecule has 0 aromatic heterocycles. The van der Waals surface area contributed by atoms with Crippen molar-refractivity contribution in [2.75, 3.05) is 0 Å². The average Bonchev–Trinajstić information content (AvgIpc) is 2.72. The van der Waals surface area contributed by atoms with E-state index in [0.29, 0.717) is 0 Å². The van der Waals surface area contributed by atoms with Gasteiger partial charge in [-0.3, -0.25) is 0 Å². The van der Waals surface area contributed by atoms with Gasteiger partial charge in [0, 0.05) is 4.21 Å². The predicted octanol–water partition coefficient (Wildman–Crippen LogP) is 3.57. The minimum atomic E-state index is -0.913. The summed E-state index contributed by atoms with van der Waals surface area (Å²) in [5.41, 5.74) is 4.33. The van der Waals surface area contributed by atoms with Crippen molar-refractivity contribution in [3.05, 3.63) is 91.0 Å². The standard InChI is InChI=1S/C22H24B.OS/c1-2-3-19-23(20-13-7-4-8-14-20,21-15-9-5-10-16-21)22-17-11-6-12-18-22;1-2/h4-18H,2-3,19H2,1H3;/q-1;/p+1. The summed E-state index contributed by atoms with van der Waals surface area (Å²) >= 11 is 2.28. The Kier molecular flexibility index (Phi) is 7.55. The van der Waals surface area contributed by atoms with Gasteiger partial charge in [0.15, 0.2) is 0 Å². The molecule has 0 aliphatic heterocycles. The van der Waals surface area contributed by atoms with Gasteiger partial charge in [-0.1, -0.05) is 111 Å². The van der Waals surface area contributed by atoms with E-state index in [2.05, 4.69) is 110 Å². The Balaban J connectivity index is 0.00000109. The van der Waals surface area contributed by atoms with Gasteiger partial charge in [-0.25, -0.2) is 0 Å². The molecule has 0 aliphatic carbocycles. The summed E-state index contributed by atoms with van der Waals surface area (Å²) in [5, 5.41) is 0. The Morgan fingerprint density at radius 1 is 0.640 bits per heavy atom. The van der Waals surface area contributed by atoms with Crippen molar-refractivity contribution in [3.63, 3.8) is 0 Å². The van der Waals surface area contributed by atoms with E-state index < -0.39 is 6.15 Å². The second kappa shape index (κ2) is 9.90. The van der Waals surface area contributed by atoms with E-state index in [9.17, 15) is 0 Å². The Morgan fingerprint density at radius 3 is 1.24 bits per heavy atom. The Labute approximate surface area is 156 Å². The lowest BCUT2D eigenvalue weighted by Crippen LogP contribution is -2.66. The molecule has 0 spiro atoms. The fraction of sp³-hybridized carbons (Fsp3) is 0.182. The van der Waals surface area contributed by atoms with Crippen molar-refractivity contribution >= 4 is 35.1 Å². The molecule has 3 heteroatoms. The number of hydrogen-bond donors (Lipinski definition) is 0. The van der Waals surface area contributed by atoms with Crippen LogP contribution in [0.1, 0.15) is 19.8 Å². The highest BCUT2D eigenvalue weighted by molar-refractivity contribution is 7.44. The van der Waals surface area contributed by atoms with E-state index >= 15 is 0 Å². The van der Waals surface area contributed by atoms with Gasteiger partial charge in [0.05, 0.1) is 6.15 Å². The van der Waals surface area contributed by atoms with Crippen LogP contribution in [0.4, 0.5) is 0 Å². The van der Waals surface area contributed by atoms with E-state index in [4.69, 9.17) is 4.21 Å². The zero-order valence-electron chi connectivity index (χ0n) is 14.7. The third-order valence-electron chi connectivity index (χ3n) is 5.10. The number of unbranched alkanes of at least 4 members (excludes halogenated alkanes) is 1. The van der Waals surface area contributed by atoms with Crippen LogP contribution in [0.5, 0.6) is 0 Å². The van der Waals surface area contributed by atoms with Crippen LogP contribution >= 0.6 is 0 Å². The van der Waals surface area contributed by atoms with Gasteiger partial charge >= 0.3 is 12.5 Å². The lowest BCUT2D eigenvalue weighted by atomic mass is 9.14. The first-order chi connectivity index (χ1) is 12.4. The van der Waals surface area contributed by atoms with Gasteiger partial charge in [0.1, 0.15) is 0 Å². The second-order valence-corrected chi connectivity index (χ2v) is 6.42. The van der Waals surface area contributed by atoms with Crippen molar-refractivity contribution in [1.82, 2.24) is 0 Å². The Hall–Kier alpha value is -2.26. The molecule has 3 aromatic rings. The minimum Gasteiger partial charge on any atom is -0.200 e. The molecule has 0 bridgehead atoms. The second-order valence-electron chi connectivity index (χ2n) is 6.42. The van der Waals surface area contributed by atoms with Crippen molar-refractivity contribution in [2.24, 2.45) is 0 Å². The maximum absolute atomic E-state index is 7.94. The quantitative estimate of drug-likeness (QED) is 0.378. The fourth-order valence-electron chi connectivity index (χ4n) is 3.93. The van der Waals surface area contributed by atoms with Gasteiger partial charge in [-0.2, -0.15) is 22.7 Å². The minimum absolute atomic E-state index is 0.913. The van der Waals surface area contributed by atoms with Crippen molar-refractivity contribution in [3.8, 4) is 0 Å². The highest BCUT2D eigenvalue weighted by atomic mass is 32.1. The van der Waals surface area contributed by atoms with Crippen molar-refractivity contribution in [2.45, 2.75) is 26.1 Å². The van der Waals surface area contributed by atoms with E-state index in [1.165, 1.54) is 35.6 Å². The molecule has 0 fully saturated rings. The molecule has 1 nitrogen and oxygen atoms in total. The molecular weight excluding hydrogens is 323 g/mol. The summed E-state index contributed by atoms with van der Waals surface area (Å²) in [4.78, 5) is 0. The molecular formula is C22H25BOS. The molecule has 0 N–H and O–H groups in total. The molecule has 0 atom stereocenters. The van der Waals surface area contributed by atoms with E-state index in [1.54, 1.807) is 0 Å². The number of hydrogen-bond acceptors (Lipinski definition) is 1.